The van der Waals surface area contributed by atoms with Crippen LogP contribution in [0.1, 0.15) is 23.6 Å². The molecule has 0 aliphatic carbocycles. The lowest BCUT2D eigenvalue weighted by molar-refractivity contribution is -0.160. The van der Waals surface area contributed by atoms with Crippen LogP contribution in [0.15, 0.2) is 91.0 Å². The molecule has 0 heterocycles. The summed E-state index contributed by atoms with van der Waals surface area (Å²) in [4.78, 5) is 24.8. The number of carbonyl (C=O) groups excluding carboxylic acids is 2. The highest BCUT2D eigenvalue weighted by atomic mass is 16.6. The van der Waals surface area contributed by atoms with E-state index < -0.39 is 17.4 Å². The van der Waals surface area contributed by atoms with Gasteiger partial charge in [0, 0.05) is 6.92 Å². The first kappa shape index (κ1) is 16.7. The Morgan fingerprint density at radius 1 is 0.640 bits per heavy atom. The van der Waals surface area contributed by atoms with E-state index in [2.05, 4.69) is 0 Å². The maximum absolute atomic E-state index is 13.2. The first-order valence-electron chi connectivity index (χ1n) is 8.05. The molecular weight excluding hydrogens is 312 g/mol. The van der Waals surface area contributed by atoms with Crippen LogP contribution in [0.3, 0.4) is 0 Å². The molecule has 0 aliphatic heterocycles. The summed E-state index contributed by atoms with van der Waals surface area (Å²) < 4.78 is 5.10. The predicted molar refractivity (Wildman–Crippen MR) is 96.0 cm³/mol. The summed E-state index contributed by atoms with van der Waals surface area (Å²) in [6.07, 6.45) is 0. The fourth-order valence-electron chi connectivity index (χ4n) is 3.13. The van der Waals surface area contributed by atoms with E-state index in [9.17, 15) is 9.59 Å². The van der Waals surface area contributed by atoms with Crippen LogP contribution in [0.5, 0.6) is 0 Å². The molecule has 25 heavy (non-hydrogen) atoms. The van der Waals surface area contributed by atoms with Crippen LogP contribution >= 0.6 is 0 Å². The number of ether oxygens (including phenoxy) is 1. The molecule has 0 spiro atoms. The van der Waals surface area contributed by atoms with Gasteiger partial charge in [-0.1, -0.05) is 91.0 Å². The Hall–Kier alpha value is -3.20. The lowest BCUT2D eigenvalue weighted by Crippen LogP contribution is -2.40. The molecule has 0 amide bonds. The Labute approximate surface area is 146 Å². The number of esters is 2. The SMILES string of the molecule is CC(=O)OC(=O)C(c1ccccc1)(c1ccccc1)c1ccccc1. The van der Waals surface area contributed by atoms with Gasteiger partial charge < -0.3 is 4.74 Å². The first-order valence-corrected chi connectivity index (χ1v) is 8.05. The fraction of sp³-hybridized carbons (Fsp3) is 0.0909. The van der Waals surface area contributed by atoms with Gasteiger partial charge in [0.1, 0.15) is 5.41 Å². The van der Waals surface area contributed by atoms with E-state index in [1.807, 2.05) is 91.0 Å². The molecule has 0 bridgehead atoms. The van der Waals surface area contributed by atoms with Crippen LogP contribution in [-0.4, -0.2) is 11.9 Å². The molecule has 124 valence electrons. The van der Waals surface area contributed by atoms with E-state index in [1.54, 1.807) is 0 Å². The van der Waals surface area contributed by atoms with Crippen molar-refractivity contribution >= 4 is 11.9 Å². The second-order valence-corrected chi connectivity index (χ2v) is 5.73. The summed E-state index contributed by atoms with van der Waals surface area (Å²) >= 11 is 0. The normalized spacial score (nSPS) is 10.9. The minimum Gasteiger partial charge on any atom is -0.392 e. The predicted octanol–water partition coefficient (Wildman–Crippen LogP) is 4.11. The van der Waals surface area contributed by atoms with Crippen LogP contribution in [0.2, 0.25) is 0 Å². The Morgan fingerprint density at radius 3 is 1.24 bits per heavy atom. The second-order valence-electron chi connectivity index (χ2n) is 5.73. The molecule has 3 rings (SSSR count). The Morgan fingerprint density at radius 2 is 0.960 bits per heavy atom. The molecule has 0 radical (unpaired) electrons. The fourth-order valence-corrected chi connectivity index (χ4v) is 3.13. The van der Waals surface area contributed by atoms with Gasteiger partial charge in [0.15, 0.2) is 0 Å². The molecule has 3 nitrogen and oxygen atoms in total. The topological polar surface area (TPSA) is 43.4 Å². The summed E-state index contributed by atoms with van der Waals surface area (Å²) in [7, 11) is 0. The van der Waals surface area contributed by atoms with Crippen LogP contribution in [0.25, 0.3) is 0 Å². The van der Waals surface area contributed by atoms with E-state index >= 15 is 0 Å². The Balaban J connectivity index is 2.36. The van der Waals surface area contributed by atoms with Gasteiger partial charge in [-0.3, -0.25) is 4.79 Å². The monoisotopic (exact) mass is 330 g/mol. The third-order valence-corrected chi connectivity index (χ3v) is 4.16. The number of carbonyl (C=O) groups is 2. The molecule has 0 aromatic heterocycles. The molecule has 0 fully saturated rings. The quantitative estimate of drug-likeness (QED) is 0.411. The van der Waals surface area contributed by atoms with Crippen LogP contribution in [0.4, 0.5) is 0 Å². The lowest BCUT2D eigenvalue weighted by Gasteiger charge is -2.32. The molecule has 0 saturated carbocycles. The van der Waals surface area contributed by atoms with E-state index in [-0.39, 0.29) is 0 Å². The van der Waals surface area contributed by atoms with Crippen LogP contribution < -0.4 is 0 Å². The van der Waals surface area contributed by atoms with Crippen molar-refractivity contribution in [2.45, 2.75) is 12.3 Å². The lowest BCUT2D eigenvalue weighted by atomic mass is 9.69. The van der Waals surface area contributed by atoms with Gasteiger partial charge in [-0.2, -0.15) is 0 Å². The maximum Gasteiger partial charge on any atom is 0.333 e. The molecule has 3 heteroatoms. The second kappa shape index (κ2) is 7.14. The minimum absolute atomic E-state index is 0.608. The van der Waals surface area contributed by atoms with Crippen molar-refractivity contribution in [2.75, 3.05) is 0 Å². The van der Waals surface area contributed by atoms with E-state index in [0.29, 0.717) is 0 Å². The standard InChI is InChI=1S/C22H18O3/c1-17(23)25-21(24)22(18-11-5-2-6-12-18,19-13-7-3-8-14-19)20-15-9-4-10-16-20/h2-16H,1H3. The van der Waals surface area contributed by atoms with Gasteiger partial charge in [0.25, 0.3) is 0 Å². The molecule has 0 saturated heterocycles. The van der Waals surface area contributed by atoms with Crippen molar-refractivity contribution in [3.8, 4) is 0 Å². The zero-order valence-corrected chi connectivity index (χ0v) is 13.9. The summed E-state index contributed by atoms with van der Waals surface area (Å²) in [5.41, 5.74) is 1.03. The van der Waals surface area contributed by atoms with E-state index in [0.717, 1.165) is 16.7 Å². The van der Waals surface area contributed by atoms with Crippen LogP contribution in [-0.2, 0) is 19.7 Å². The van der Waals surface area contributed by atoms with Gasteiger partial charge in [0.2, 0.25) is 0 Å². The van der Waals surface area contributed by atoms with Gasteiger partial charge in [-0.05, 0) is 16.7 Å². The molecular formula is C22H18O3. The Kier molecular flexibility index (Phi) is 4.75. The summed E-state index contributed by atoms with van der Waals surface area (Å²) in [6.45, 7) is 1.24. The van der Waals surface area contributed by atoms with Crippen molar-refractivity contribution in [3.63, 3.8) is 0 Å². The average Bonchev–Trinajstić information content (AvgIpc) is 2.64. The van der Waals surface area contributed by atoms with Gasteiger partial charge in [-0.25, -0.2) is 4.79 Å². The minimum atomic E-state index is -1.21. The smallest absolute Gasteiger partial charge is 0.333 e. The first-order chi connectivity index (χ1) is 12.2. The van der Waals surface area contributed by atoms with Crippen molar-refractivity contribution in [2.24, 2.45) is 0 Å². The molecule has 0 atom stereocenters. The Bertz CT molecular complexity index is 759. The van der Waals surface area contributed by atoms with Gasteiger partial charge >= 0.3 is 11.9 Å². The van der Waals surface area contributed by atoms with Crippen molar-refractivity contribution < 1.29 is 14.3 Å². The third kappa shape index (κ3) is 3.09. The highest BCUT2D eigenvalue weighted by Gasteiger charge is 2.45. The number of rotatable bonds is 4. The summed E-state index contributed by atoms with van der Waals surface area (Å²) in [6, 6.07) is 28.2. The molecule has 0 unspecified atom stereocenters. The van der Waals surface area contributed by atoms with Crippen molar-refractivity contribution in [1.29, 1.82) is 0 Å². The molecule has 0 N–H and O–H groups in total. The number of benzene rings is 3. The number of hydrogen-bond donors (Lipinski definition) is 0. The third-order valence-electron chi connectivity index (χ3n) is 4.16. The van der Waals surface area contributed by atoms with E-state index in [1.165, 1.54) is 6.92 Å². The van der Waals surface area contributed by atoms with Crippen molar-refractivity contribution in [3.05, 3.63) is 108 Å². The maximum atomic E-state index is 13.2. The largest absolute Gasteiger partial charge is 0.392 e. The average molecular weight is 330 g/mol. The number of hydrogen-bond acceptors (Lipinski definition) is 3. The van der Waals surface area contributed by atoms with Gasteiger partial charge in [-0.15, -0.1) is 0 Å². The van der Waals surface area contributed by atoms with Crippen LogP contribution in [0, 0.1) is 0 Å². The highest BCUT2D eigenvalue weighted by Crippen LogP contribution is 2.40. The zero-order chi connectivity index (χ0) is 17.7. The molecule has 3 aromatic carbocycles. The zero-order valence-electron chi connectivity index (χ0n) is 13.9. The molecule has 0 aliphatic rings. The van der Waals surface area contributed by atoms with E-state index in [4.69, 9.17) is 4.74 Å². The summed E-state index contributed by atoms with van der Waals surface area (Å²) in [5.74, 6) is -1.24. The van der Waals surface area contributed by atoms with Crippen molar-refractivity contribution in [1.82, 2.24) is 0 Å². The summed E-state index contributed by atoms with van der Waals surface area (Å²) in [5, 5.41) is 0. The van der Waals surface area contributed by atoms with Gasteiger partial charge in [0.05, 0.1) is 0 Å². The highest BCUT2D eigenvalue weighted by molar-refractivity contribution is 5.97. The molecule has 3 aromatic rings.